The summed E-state index contributed by atoms with van der Waals surface area (Å²) in [7, 11) is 1.68. The third-order valence-electron chi connectivity index (χ3n) is 6.98. The summed E-state index contributed by atoms with van der Waals surface area (Å²) in [6, 6.07) is 35.2. The number of rotatable bonds is 8. The van der Waals surface area contributed by atoms with Crippen molar-refractivity contribution in [3.05, 3.63) is 149 Å². The third-order valence-corrected chi connectivity index (χ3v) is 6.98. The summed E-state index contributed by atoms with van der Waals surface area (Å²) >= 11 is 0. The van der Waals surface area contributed by atoms with Gasteiger partial charge in [0.1, 0.15) is 22.7 Å². The van der Waals surface area contributed by atoms with E-state index in [1.807, 2.05) is 30.3 Å². The van der Waals surface area contributed by atoms with E-state index in [9.17, 15) is 0 Å². The zero-order chi connectivity index (χ0) is 25.9. The van der Waals surface area contributed by atoms with Crippen molar-refractivity contribution in [3.63, 3.8) is 0 Å². The second-order valence-electron chi connectivity index (χ2n) is 9.72. The molecule has 0 fully saturated rings. The van der Waals surface area contributed by atoms with Crippen molar-refractivity contribution < 1.29 is 14.2 Å². The number of methoxy groups -OCH3 is 1. The molecule has 0 bridgehead atoms. The molecule has 5 rings (SSSR count). The van der Waals surface area contributed by atoms with Crippen molar-refractivity contribution in [1.29, 1.82) is 0 Å². The minimum Gasteiger partial charge on any atom is -0.497 e. The Morgan fingerprint density at radius 3 is 1.97 bits per heavy atom. The maximum absolute atomic E-state index is 7.00. The highest BCUT2D eigenvalue weighted by Crippen LogP contribution is 2.42. The lowest BCUT2D eigenvalue weighted by molar-refractivity contribution is 0.0000450. The predicted molar refractivity (Wildman–Crippen MR) is 150 cm³/mol. The van der Waals surface area contributed by atoms with Crippen LogP contribution in [-0.4, -0.2) is 12.7 Å². The van der Waals surface area contributed by atoms with Crippen LogP contribution in [0.25, 0.3) is 6.08 Å². The third kappa shape index (κ3) is 4.71. The van der Waals surface area contributed by atoms with Gasteiger partial charge < -0.3 is 14.2 Å². The molecule has 186 valence electrons. The van der Waals surface area contributed by atoms with Gasteiger partial charge in [0.2, 0.25) is 0 Å². The van der Waals surface area contributed by atoms with E-state index in [1.165, 1.54) is 0 Å². The standard InChI is InChI=1S/C34H32O3/c1-5-27-23-26-17-16-25(22-32(26)37-33(27,2)3)24-36-34(28-12-8-6-9-13-28,29-14-10-7-11-15-29)30-18-20-31(35-4)21-19-30/h5-23H,1,24H2,2-4H3. The van der Waals surface area contributed by atoms with Gasteiger partial charge >= 0.3 is 0 Å². The van der Waals surface area contributed by atoms with Crippen LogP contribution in [0.2, 0.25) is 0 Å². The SMILES string of the molecule is C=CC1=Cc2ccc(COC(c3ccccc3)(c3ccccc3)c3ccc(OC)cc3)cc2OC1(C)C. The first-order valence-corrected chi connectivity index (χ1v) is 12.5. The van der Waals surface area contributed by atoms with E-state index in [4.69, 9.17) is 14.2 Å². The molecule has 0 atom stereocenters. The Balaban J connectivity index is 1.59. The smallest absolute Gasteiger partial charge is 0.144 e. The zero-order valence-corrected chi connectivity index (χ0v) is 21.6. The average molecular weight is 489 g/mol. The van der Waals surface area contributed by atoms with Gasteiger partial charge in [0.25, 0.3) is 0 Å². The van der Waals surface area contributed by atoms with Crippen LogP contribution in [0.15, 0.2) is 121 Å². The van der Waals surface area contributed by atoms with Crippen LogP contribution in [0.3, 0.4) is 0 Å². The van der Waals surface area contributed by atoms with Gasteiger partial charge in [-0.25, -0.2) is 0 Å². The van der Waals surface area contributed by atoms with Gasteiger partial charge in [-0.05, 0) is 65.9 Å². The summed E-state index contributed by atoms with van der Waals surface area (Å²) in [5.41, 5.74) is 5.03. The summed E-state index contributed by atoms with van der Waals surface area (Å²) < 4.78 is 18.8. The Morgan fingerprint density at radius 2 is 1.41 bits per heavy atom. The van der Waals surface area contributed by atoms with Gasteiger partial charge in [-0.15, -0.1) is 0 Å². The second kappa shape index (κ2) is 10.1. The molecule has 37 heavy (non-hydrogen) atoms. The molecule has 1 aliphatic heterocycles. The molecule has 3 heteroatoms. The first kappa shape index (κ1) is 24.6. The number of hydrogen-bond donors (Lipinski definition) is 0. The van der Waals surface area contributed by atoms with Crippen LogP contribution in [-0.2, 0) is 16.9 Å². The van der Waals surface area contributed by atoms with Crippen molar-refractivity contribution in [2.45, 2.75) is 31.7 Å². The first-order chi connectivity index (χ1) is 18.0. The van der Waals surface area contributed by atoms with Gasteiger partial charge in [0, 0.05) is 5.56 Å². The van der Waals surface area contributed by atoms with Gasteiger partial charge in [-0.1, -0.05) is 97.6 Å². The minimum absolute atomic E-state index is 0.394. The van der Waals surface area contributed by atoms with Gasteiger partial charge in [-0.2, -0.15) is 0 Å². The normalized spacial score (nSPS) is 14.2. The number of ether oxygens (including phenoxy) is 3. The molecule has 0 aromatic heterocycles. The van der Waals surface area contributed by atoms with E-state index in [2.05, 4.69) is 105 Å². The summed E-state index contributed by atoms with van der Waals surface area (Å²) in [5, 5.41) is 0. The molecule has 0 radical (unpaired) electrons. The van der Waals surface area contributed by atoms with Crippen molar-refractivity contribution in [1.82, 2.24) is 0 Å². The van der Waals surface area contributed by atoms with E-state index in [1.54, 1.807) is 7.11 Å². The maximum atomic E-state index is 7.00. The lowest BCUT2D eigenvalue weighted by Crippen LogP contribution is -2.33. The number of benzene rings is 4. The van der Waals surface area contributed by atoms with Crippen molar-refractivity contribution in [2.75, 3.05) is 7.11 Å². The van der Waals surface area contributed by atoms with Crippen LogP contribution in [0.4, 0.5) is 0 Å². The lowest BCUT2D eigenvalue weighted by atomic mass is 9.80. The van der Waals surface area contributed by atoms with Crippen molar-refractivity contribution in [3.8, 4) is 11.5 Å². The molecule has 4 aromatic carbocycles. The molecular weight excluding hydrogens is 456 g/mol. The molecule has 0 saturated heterocycles. The molecular formula is C34H32O3. The highest BCUT2D eigenvalue weighted by atomic mass is 16.5. The van der Waals surface area contributed by atoms with E-state index in [0.29, 0.717) is 6.61 Å². The molecule has 0 aliphatic carbocycles. The highest BCUT2D eigenvalue weighted by Gasteiger charge is 2.38. The molecule has 0 saturated carbocycles. The highest BCUT2D eigenvalue weighted by molar-refractivity contribution is 5.67. The van der Waals surface area contributed by atoms with E-state index in [-0.39, 0.29) is 0 Å². The Morgan fingerprint density at radius 1 is 0.811 bits per heavy atom. The summed E-state index contributed by atoms with van der Waals surface area (Å²) in [6.45, 7) is 8.47. The van der Waals surface area contributed by atoms with E-state index < -0.39 is 11.2 Å². The Hall–Kier alpha value is -4.08. The molecule has 0 amide bonds. The summed E-state index contributed by atoms with van der Waals surface area (Å²) in [5.74, 6) is 1.66. The number of hydrogen-bond acceptors (Lipinski definition) is 3. The fraction of sp³-hybridized carbons (Fsp3) is 0.176. The molecule has 1 heterocycles. The molecule has 1 aliphatic rings. The largest absolute Gasteiger partial charge is 0.497 e. The fourth-order valence-corrected chi connectivity index (χ4v) is 4.97. The van der Waals surface area contributed by atoms with Crippen LogP contribution in [0, 0.1) is 0 Å². The molecule has 4 aromatic rings. The molecule has 0 unspecified atom stereocenters. The quantitative estimate of drug-likeness (QED) is 0.236. The van der Waals surface area contributed by atoms with Crippen molar-refractivity contribution >= 4 is 6.08 Å². The van der Waals surface area contributed by atoms with Crippen LogP contribution < -0.4 is 9.47 Å². The number of fused-ring (bicyclic) bond motifs is 1. The summed E-state index contributed by atoms with van der Waals surface area (Å²) in [4.78, 5) is 0. The van der Waals surface area contributed by atoms with Gasteiger partial charge in [0.05, 0.1) is 13.7 Å². The Bertz CT molecular complexity index is 1360. The lowest BCUT2D eigenvalue weighted by Gasteiger charge is -2.36. The fourth-order valence-electron chi connectivity index (χ4n) is 4.97. The van der Waals surface area contributed by atoms with Gasteiger partial charge in [0.15, 0.2) is 0 Å². The van der Waals surface area contributed by atoms with Gasteiger partial charge in [-0.3, -0.25) is 0 Å². The first-order valence-electron chi connectivity index (χ1n) is 12.5. The second-order valence-corrected chi connectivity index (χ2v) is 9.72. The Kier molecular flexibility index (Phi) is 6.73. The maximum Gasteiger partial charge on any atom is 0.144 e. The summed E-state index contributed by atoms with van der Waals surface area (Å²) in [6.07, 6.45) is 4.01. The molecule has 3 nitrogen and oxygen atoms in total. The monoisotopic (exact) mass is 488 g/mol. The van der Waals surface area contributed by atoms with Crippen LogP contribution >= 0.6 is 0 Å². The topological polar surface area (TPSA) is 27.7 Å². The van der Waals surface area contributed by atoms with E-state index in [0.717, 1.165) is 44.9 Å². The average Bonchev–Trinajstić information content (AvgIpc) is 2.94. The minimum atomic E-state index is -0.819. The molecule has 0 N–H and O–H groups in total. The Labute approximate surface area is 219 Å². The van der Waals surface area contributed by atoms with Crippen LogP contribution in [0.5, 0.6) is 11.5 Å². The van der Waals surface area contributed by atoms with Crippen molar-refractivity contribution in [2.24, 2.45) is 0 Å². The predicted octanol–water partition coefficient (Wildman–Crippen LogP) is 7.94. The van der Waals surface area contributed by atoms with Crippen LogP contribution in [0.1, 0.15) is 41.7 Å². The zero-order valence-electron chi connectivity index (χ0n) is 21.6. The molecule has 0 spiro atoms. The van der Waals surface area contributed by atoms with E-state index >= 15 is 0 Å².